The van der Waals surface area contributed by atoms with Crippen molar-refractivity contribution in [1.29, 1.82) is 0 Å². The summed E-state index contributed by atoms with van der Waals surface area (Å²) in [5.41, 5.74) is 0. The van der Waals surface area contributed by atoms with E-state index in [1.807, 2.05) is 6.92 Å². The number of methoxy groups -OCH3 is 1. The Balaban J connectivity index is 2.44. The summed E-state index contributed by atoms with van der Waals surface area (Å²) < 4.78 is 4.69. The lowest BCUT2D eigenvalue weighted by molar-refractivity contribution is -0.150. The minimum absolute atomic E-state index is 0.0360. The van der Waals surface area contributed by atoms with Crippen LogP contribution in [0.25, 0.3) is 0 Å². The van der Waals surface area contributed by atoms with E-state index < -0.39 is 0 Å². The standard InChI is InChI=1S/C11H20N2O3/c1-3-12-7-6-10(14)13-8-4-5-9(13)11(15)16-2/h9,12H,3-8H2,1-2H3. The molecule has 1 aliphatic heterocycles. The Labute approximate surface area is 96.1 Å². The maximum absolute atomic E-state index is 11.8. The molecule has 1 fully saturated rings. The van der Waals surface area contributed by atoms with E-state index in [0.717, 1.165) is 19.4 Å². The number of nitrogens with zero attached hydrogens (tertiary/aromatic N) is 1. The second kappa shape index (κ2) is 6.48. The predicted octanol–water partition coefficient (Wildman–Crippen LogP) is 0.150. The molecule has 0 aromatic heterocycles. The molecule has 1 aliphatic rings. The van der Waals surface area contributed by atoms with Crippen LogP contribution in [-0.4, -0.2) is 49.6 Å². The quantitative estimate of drug-likeness (QED) is 0.537. The van der Waals surface area contributed by atoms with Crippen LogP contribution >= 0.6 is 0 Å². The smallest absolute Gasteiger partial charge is 0.328 e. The Bertz CT molecular complexity index is 256. The average Bonchev–Trinajstić information content (AvgIpc) is 2.77. The molecule has 0 radical (unpaired) electrons. The van der Waals surface area contributed by atoms with Crippen molar-refractivity contribution >= 4 is 11.9 Å². The van der Waals surface area contributed by atoms with Gasteiger partial charge in [0, 0.05) is 19.5 Å². The molecule has 0 saturated carbocycles. The molecule has 0 aliphatic carbocycles. The van der Waals surface area contributed by atoms with Gasteiger partial charge in [-0.2, -0.15) is 0 Å². The van der Waals surface area contributed by atoms with Crippen molar-refractivity contribution in [3.8, 4) is 0 Å². The number of ether oxygens (including phenoxy) is 1. The molecule has 1 atom stereocenters. The van der Waals surface area contributed by atoms with Crippen LogP contribution in [0.2, 0.25) is 0 Å². The highest BCUT2D eigenvalue weighted by Gasteiger charge is 2.34. The first kappa shape index (κ1) is 13.0. The summed E-state index contributed by atoms with van der Waals surface area (Å²) in [6.07, 6.45) is 2.05. The third-order valence-corrected chi connectivity index (χ3v) is 2.81. The topological polar surface area (TPSA) is 58.6 Å². The molecule has 92 valence electrons. The number of esters is 1. The van der Waals surface area contributed by atoms with Gasteiger partial charge in [0.25, 0.3) is 0 Å². The van der Waals surface area contributed by atoms with Gasteiger partial charge in [-0.05, 0) is 19.4 Å². The van der Waals surface area contributed by atoms with Gasteiger partial charge in [-0.3, -0.25) is 4.79 Å². The summed E-state index contributed by atoms with van der Waals surface area (Å²) in [6, 6.07) is -0.362. The number of hydrogen-bond donors (Lipinski definition) is 1. The molecule has 1 amide bonds. The summed E-state index contributed by atoms with van der Waals surface area (Å²) in [7, 11) is 1.36. The van der Waals surface area contributed by atoms with Crippen LogP contribution in [0.5, 0.6) is 0 Å². The maximum Gasteiger partial charge on any atom is 0.328 e. The highest BCUT2D eigenvalue weighted by atomic mass is 16.5. The van der Waals surface area contributed by atoms with E-state index in [1.165, 1.54) is 7.11 Å². The lowest BCUT2D eigenvalue weighted by Gasteiger charge is -2.22. The molecule has 16 heavy (non-hydrogen) atoms. The van der Waals surface area contributed by atoms with Gasteiger partial charge in [-0.15, -0.1) is 0 Å². The van der Waals surface area contributed by atoms with E-state index >= 15 is 0 Å². The van der Waals surface area contributed by atoms with Crippen LogP contribution in [0.15, 0.2) is 0 Å². The van der Waals surface area contributed by atoms with Gasteiger partial charge in [0.15, 0.2) is 0 Å². The fraction of sp³-hybridized carbons (Fsp3) is 0.818. The van der Waals surface area contributed by atoms with E-state index in [9.17, 15) is 9.59 Å². The first-order chi connectivity index (χ1) is 7.70. The molecule has 5 heteroatoms. The highest BCUT2D eigenvalue weighted by Crippen LogP contribution is 2.19. The average molecular weight is 228 g/mol. The number of likely N-dealkylation sites (tertiary alicyclic amines) is 1. The van der Waals surface area contributed by atoms with Gasteiger partial charge in [-0.1, -0.05) is 6.92 Å². The molecule has 1 N–H and O–H groups in total. The van der Waals surface area contributed by atoms with Crippen LogP contribution in [0.1, 0.15) is 26.2 Å². The van der Waals surface area contributed by atoms with Gasteiger partial charge >= 0.3 is 5.97 Å². The number of rotatable bonds is 5. The largest absolute Gasteiger partial charge is 0.467 e. The molecule has 1 saturated heterocycles. The van der Waals surface area contributed by atoms with Gasteiger partial charge in [0.1, 0.15) is 6.04 Å². The van der Waals surface area contributed by atoms with Crippen LogP contribution < -0.4 is 5.32 Å². The SMILES string of the molecule is CCNCCC(=O)N1CCCC1C(=O)OC. The molecule has 1 rings (SSSR count). The van der Waals surface area contributed by atoms with Crippen molar-refractivity contribution in [1.82, 2.24) is 10.2 Å². The number of amides is 1. The van der Waals surface area contributed by atoms with Crippen LogP contribution in [-0.2, 0) is 14.3 Å². The minimum Gasteiger partial charge on any atom is -0.467 e. The zero-order chi connectivity index (χ0) is 12.0. The van der Waals surface area contributed by atoms with E-state index in [1.54, 1.807) is 4.90 Å². The third-order valence-electron chi connectivity index (χ3n) is 2.81. The van der Waals surface area contributed by atoms with E-state index in [4.69, 9.17) is 4.74 Å². The molecule has 1 heterocycles. The Morgan fingerprint density at radius 3 is 2.88 bits per heavy atom. The molecule has 0 spiro atoms. The first-order valence-electron chi connectivity index (χ1n) is 5.78. The van der Waals surface area contributed by atoms with Gasteiger partial charge in [0.2, 0.25) is 5.91 Å². The monoisotopic (exact) mass is 228 g/mol. The highest BCUT2D eigenvalue weighted by molar-refractivity contribution is 5.85. The van der Waals surface area contributed by atoms with Crippen molar-refractivity contribution < 1.29 is 14.3 Å². The van der Waals surface area contributed by atoms with Crippen LogP contribution in [0, 0.1) is 0 Å². The Morgan fingerprint density at radius 2 is 2.25 bits per heavy atom. The van der Waals surface area contributed by atoms with E-state index in [0.29, 0.717) is 19.5 Å². The summed E-state index contributed by atoms with van der Waals surface area (Å²) in [5.74, 6) is -0.261. The Kier molecular flexibility index (Phi) is 5.25. The van der Waals surface area contributed by atoms with Gasteiger partial charge in [-0.25, -0.2) is 4.79 Å². The molecular formula is C11H20N2O3. The lowest BCUT2D eigenvalue weighted by Crippen LogP contribution is -2.42. The molecular weight excluding hydrogens is 208 g/mol. The molecule has 5 nitrogen and oxygen atoms in total. The van der Waals surface area contributed by atoms with E-state index in [2.05, 4.69) is 5.32 Å². The second-order valence-electron chi connectivity index (χ2n) is 3.87. The normalized spacial score (nSPS) is 19.9. The fourth-order valence-electron chi connectivity index (χ4n) is 1.96. The summed E-state index contributed by atoms with van der Waals surface area (Å²) in [5, 5.41) is 3.10. The molecule has 0 aromatic rings. The summed E-state index contributed by atoms with van der Waals surface area (Å²) in [4.78, 5) is 24.9. The lowest BCUT2D eigenvalue weighted by atomic mass is 10.2. The number of carbonyl (C=O) groups excluding carboxylic acids is 2. The van der Waals surface area contributed by atoms with Crippen molar-refractivity contribution in [2.24, 2.45) is 0 Å². The molecule has 0 aromatic carbocycles. The fourth-order valence-corrected chi connectivity index (χ4v) is 1.96. The van der Waals surface area contributed by atoms with Crippen LogP contribution in [0.4, 0.5) is 0 Å². The Morgan fingerprint density at radius 1 is 1.50 bits per heavy atom. The van der Waals surface area contributed by atoms with Crippen molar-refractivity contribution in [2.45, 2.75) is 32.2 Å². The third kappa shape index (κ3) is 3.20. The Hall–Kier alpha value is -1.10. The predicted molar refractivity (Wildman–Crippen MR) is 59.9 cm³/mol. The van der Waals surface area contributed by atoms with Gasteiger partial charge in [0.05, 0.1) is 7.11 Å². The second-order valence-corrected chi connectivity index (χ2v) is 3.87. The summed E-state index contributed by atoms with van der Waals surface area (Å²) >= 11 is 0. The zero-order valence-corrected chi connectivity index (χ0v) is 9.99. The van der Waals surface area contributed by atoms with Crippen molar-refractivity contribution in [3.63, 3.8) is 0 Å². The number of carbonyl (C=O) groups is 2. The van der Waals surface area contributed by atoms with Crippen molar-refractivity contribution in [3.05, 3.63) is 0 Å². The van der Waals surface area contributed by atoms with Crippen molar-refractivity contribution in [2.75, 3.05) is 26.7 Å². The summed E-state index contributed by atoms with van der Waals surface area (Å²) in [6.45, 7) is 4.19. The molecule has 1 unspecified atom stereocenters. The number of nitrogens with one attached hydrogen (secondary N) is 1. The first-order valence-corrected chi connectivity index (χ1v) is 5.78. The minimum atomic E-state index is -0.362. The maximum atomic E-state index is 11.8. The van der Waals surface area contributed by atoms with Crippen LogP contribution in [0.3, 0.4) is 0 Å². The van der Waals surface area contributed by atoms with Gasteiger partial charge < -0.3 is 15.0 Å². The van der Waals surface area contributed by atoms with E-state index in [-0.39, 0.29) is 17.9 Å². The zero-order valence-electron chi connectivity index (χ0n) is 9.99. The molecule has 0 bridgehead atoms. The number of hydrogen-bond acceptors (Lipinski definition) is 4.